The van der Waals surface area contributed by atoms with Gasteiger partial charge in [0.15, 0.2) is 5.65 Å². The SMILES string of the molecule is O=C(Nc1ccc2[nH]nc(-c3ccccc3)c2c1)c1c(Cl)cn2cnnc2c1Cl. The highest BCUT2D eigenvalue weighted by atomic mass is 35.5. The summed E-state index contributed by atoms with van der Waals surface area (Å²) >= 11 is 12.6. The average Bonchev–Trinajstić information content (AvgIpc) is 3.35. The smallest absolute Gasteiger partial charge is 0.258 e. The topological polar surface area (TPSA) is 88.0 Å². The van der Waals surface area contributed by atoms with E-state index in [1.165, 1.54) is 6.33 Å². The number of aromatic amines is 1. The van der Waals surface area contributed by atoms with Crippen LogP contribution in [0.3, 0.4) is 0 Å². The molecule has 2 aromatic carbocycles. The largest absolute Gasteiger partial charge is 0.322 e. The molecular formula is C20H12Cl2N6O. The first-order valence-electron chi connectivity index (χ1n) is 8.64. The number of hydrogen-bond acceptors (Lipinski definition) is 4. The van der Waals surface area contributed by atoms with E-state index in [1.807, 2.05) is 42.5 Å². The van der Waals surface area contributed by atoms with Crippen molar-refractivity contribution in [3.8, 4) is 11.3 Å². The number of nitrogens with zero attached hydrogens (tertiary/aromatic N) is 4. The Morgan fingerprint density at radius 2 is 1.93 bits per heavy atom. The van der Waals surface area contributed by atoms with Crippen LogP contribution in [0.1, 0.15) is 10.4 Å². The number of fused-ring (bicyclic) bond motifs is 2. The summed E-state index contributed by atoms with van der Waals surface area (Å²) in [5, 5.41) is 19.2. The molecule has 7 nitrogen and oxygen atoms in total. The summed E-state index contributed by atoms with van der Waals surface area (Å²) < 4.78 is 1.56. The lowest BCUT2D eigenvalue weighted by molar-refractivity contribution is 0.102. The molecule has 0 radical (unpaired) electrons. The molecule has 142 valence electrons. The number of hydrogen-bond donors (Lipinski definition) is 2. The van der Waals surface area contributed by atoms with Gasteiger partial charge in [-0.2, -0.15) is 5.10 Å². The molecule has 9 heteroatoms. The molecule has 2 N–H and O–H groups in total. The number of anilines is 1. The van der Waals surface area contributed by atoms with Crippen LogP contribution in [0, 0.1) is 0 Å². The zero-order chi connectivity index (χ0) is 20.0. The number of benzene rings is 2. The Kier molecular flexibility index (Phi) is 4.19. The molecule has 0 fully saturated rings. The van der Waals surface area contributed by atoms with Crippen LogP contribution in [-0.2, 0) is 0 Å². The third-order valence-corrected chi connectivity index (χ3v) is 5.22. The molecule has 3 heterocycles. The third-order valence-electron chi connectivity index (χ3n) is 4.58. The third kappa shape index (κ3) is 3.00. The normalized spacial score (nSPS) is 11.2. The van der Waals surface area contributed by atoms with Crippen LogP contribution in [-0.4, -0.2) is 30.7 Å². The highest BCUT2D eigenvalue weighted by Gasteiger charge is 2.20. The van der Waals surface area contributed by atoms with E-state index < -0.39 is 5.91 Å². The molecule has 0 aliphatic rings. The van der Waals surface area contributed by atoms with E-state index in [9.17, 15) is 4.79 Å². The minimum atomic E-state index is -0.436. The van der Waals surface area contributed by atoms with Gasteiger partial charge < -0.3 is 5.32 Å². The van der Waals surface area contributed by atoms with Crippen molar-refractivity contribution in [2.75, 3.05) is 5.32 Å². The van der Waals surface area contributed by atoms with Crippen molar-refractivity contribution in [2.45, 2.75) is 0 Å². The van der Waals surface area contributed by atoms with E-state index in [1.54, 1.807) is 16.7 Å². The van der Waals surface area contributed by atoms with Crippen molar-refractivity contribution in [1.29, 1.82) is 0 Å². The van der Waals surface area contributed by atoms with E-state index >= 15 is 0 Å². The monoisotopic (exact) mass is 422 g/mol. The zero-order valence-electron chi connectivity index (χ0n) is 14.7. The average molecular weight is 423 g/mol. The summed E-state index contributed by atoms with van der Waals surface area (Å²) in [5.74, 6) is -0.436. The Bertz CT molecular complexity index is 1380. The number of H-pyrrole nitrogens is 1. The maximum atomic E-state index is 12.9. The molecule has 0 bridgehead atoms. The summed E-state index contributed by atoms with van der Waals surface area (Å²) in [7, 11) is 0. The predicted molar refractivity (Wildman–Crippen MR) is 112 cm³/mol. The highest BCUT2D eigenvalue weighted by molar-refractivity contribution is 6.42. The molecule has 1 amide bonds. The molecule has 29 heavy (non-hydrogen) atoms. The second-order valence-corrected chi connectivity index (χ2v) is 7.17. The van der Waals surface area contributed by atoms with Crippen LogP contribution in [0.25, 0.3) is 27.8 Å². The zero-order valence-corrected chi connectivity index (χ0v) is 16.2. The minimum Gasteiger partial charge on any atom is -0.322 e. The van der Waals surface area contributed by atoms with E-state index in [0.29, 0.717) is 11.3 Å². The van der Waals surface area contributed by atoms with Crippen molar-refractivity contribution >= 4 is 51.3 Å². The van der Waals surface area contributed by atoms with Gasteiger partial charge in [0.05, 0.1) is 21.8 Å². The van der Waals surface area contributed by atoms with Gasteiger partial charge in [-0.05, 0) is 18.2 Å². The number of nitrogens with one attached hydrogen (secondary N) is 2. The van der Waals surface area contributed by atoms with Crippen molar-refractivity contribution in [2.24, 2.45) is 0 Å². The molecule has 0 saturated heterocycles. The lowest BCUT2D eigenvalue weighted by atomic mass is 10.1. The highest BCUT2D eigenvalue weighted by Crippen LogP contribution is 2.31. The fourth-order valence-electron chi connectivity index (χ4n) is 3.21. The predicted octanol–water partition coefficient (Wildman–Crippen LogP) is 4.83. The van der Waals surface area contributed by atoms with Gasteiger partial charge in [0.1, 0.15) is 11.3 Å². The van der Waals surface area contributed by atoms with Gasteiger partial charge in [0.2, 0.25) is 0 Å². The van der Waals surface area contributed by atoms with E-state index in [2.05, 4.69) is 25.7 Å². The van der Waals surface area contributed by atoms with Gasteiger partial charge in [0.25, 0.3) is 5.91 Å². The Morgan fingerprint density at radius 1 is 1.10 bits per heavy atom. The van der Waals surface area contributed by atoms with E-state index in [-0.39, 0.29) is 15.6 Å². The molecule has 3 aromatic heterocycles. The fraction of sp³-hybridized carbons (Fsp3) is 0. The molecule has 0 aliphatic heterocycles. The summed E-state index contributed by atoms with van der Waals surface area (Å²) in [4.78, 5) is 12.9. The van der Waals surface area contributed by atoms with Crippen molar-refractivity contribution < 1.29 is 4.79 Å². The number of rotatable bonds is 3. The van der Waals surface area contributed by atoms with Crippen molar-refractivity contribution in [3.05, 3.63) is 76.7 Å². The molecule has 0 unspecified atom stereocenters. The fourth-order valence-corrected chi connectivity index (χ4v) is 3.86. The number of carbonyl (C=O) groups excluding carboxylic acids is 1. The number of aromatic nitrogens is 5. The van der Waals surface area contributed by atoms with Crippen LogP contribution >= 0.6 is 23.2 Å². The number of pyridine rings is 1. The first kappa shape index (κ1) is 17.7. The molecule has 0 atom stereocenters. The summed E-state index contributed by atoms with van der Waals surface area (Å²) in [6.45, 7) is 0. The maximum absolute atomic E-state index is 12.9. The second-order valence-electron chi connectivity index (χ2n) is 6.38. The van der Waals surface area contributed by atoms with Crippen molar-refractivity contribution in [3.63, 3.8) is 0 Å². The Morgan fingerprint density at radius 3 is 2.76 bits per heavy atom. The Hall–Kier alpha value is -3.42. The van der Waals surface area contributed by atoms with Crippen LogP contribution < -0.4 is 5.32 Å². The minimum absolute atomic E-state index is 0.141. The molecular weight excluding hydrogens is 411 g/mol. The maximum Gasteiger partial charge on any atom is 0.258 e. The lowest BCUT2D eigenvalue weighted by Gasteiger charge is -2.10. The number of halogens is 2. The Labute approximate surface area is 174 Å². The Balaban J connectivity index is 1.53. The van der Waals surface area contributed by atoms with Gasteiger partial charge in [-0.25, -0.2) is 0 Å². The number of amides is 1. The summed E-state index contributed by atoms with van der Waals surface area (Å²) in [5.41, 5.74) is 3.74. The molecule has 5 aromatic rings. The van der Waals surface area contributed by atoms with Crippen LogP contribution in [0.15, 0.2) is 61.1 Å². The van der Waals surface area contributed by atoms with Gasteiger partial charge in [-0.15, -0.1) is 10.2 Å². The van der Waals surface area contributed by atoms with Crippen LogP contribution in [0.5, 0.6) is 0 Å². The van der Waals surface area contributed by atoms with Crippen LogP contribution in [0.4, 0.5) is 5.69 Å². The molecule has 0 saturated carbocycles. The van der Waals surface area contributed by atoms with Crippen molar-refractivity contribution in [1.82, 2.24) is 24.8 Å². The second kappa shape index (κ2) is 6.88. The molecule has 0 aliphatic carbocycles. The standard InChI is InChI=1S/C20H12Cl2N6O/c21-14-9-28-10-23-27-19(28)17(22)16(14)20(29)24-12-6-7-15-13(8-12)18(26-25-15)11-4-2-1-3-5-11/h1-10H,(H,24,29)(H,25,26). The quantitative estimate of drug-likeness (QED) is 0.435. The first-order chi connectivity index (χ1) is 14.1. The lowest BCUT2D eigenvalue weighted by Crippen LogP contribution is -2.14. The molecule has 5 rings (SSSR count). The van der Waals surface area contributed by atoms with Crippen LogP contribution in [0.2, 0.25) is 10.0 Å². The van der Waals surface area contributed by atoms with Gasteiger partial charge in [0, 0.05) is 22.8 Å². The van der Waals surface area contributed by atoms with Gasteiger partial charge >= 0.3 is 0 Å². The number of carbonyl (C=O) groups is 1. The van der Waals surface area contributed by atoms with Gasteiger partial charge in [-0.3, -0.25) is 14.3 Å². The van der Waals surface area contributed by atoms with E-state index in [0.717, 1.165) is 22.2 Å². The van der Waals surface area contributed by atoms with E-state index in [4.69, 9.17) is 23.2 Å². The first-order valence-corrected chi connectivity index (χ1v) is 9.39. The molecule has 0 spiro atoms. The summed E-state index contributed by atoms with van der Waals surface area (Å²) in [6.07, 6.45) is 3.01. The summed E-state index contributed by atoms with van der Waals surface area (Å²) in [6, 6.07) is 15.3. The van der Waals surface area contributed by atoms with Gasteiger partial charge in [-0.1, -0.05) is 53.5 Å².